The van der Waals surface area contributed by atoms with E-state index in [4.69, 9.17) is 18.0 Å². The van der Waals surface area contributed by atoms with Crippen molar-refractivity contribution in [2.75, 3.05) is 47.3 Å². The molecule has 0 aliphatic heterocycles. The van der Waals surface area contributed by atoms with Gasteiger partial charge in [0.05, 0.1) is 18.1 Å². The van der Waals surface area contributed by atoms with E-state index in [0.717, 1.165) is 0 Å². The number of hydrogen-bond donors (Lipinski definition) is 1. The molecule has 6 nitrogen and oxygen atoms in total. The highest BCUT2D eigenvalue weighted by atomic mass is 32.1. The molecule has 2 N–H and O–H groups in total. The molecule has 19 heavy (non-hydrogen) atoms. The molecule has 0 saturated carbocycles. The molecule has 7 heteroatoms. The highest BCUT2D eigenvalue weighted by molar-refractivity contribution is 7.80. The maximum atomic E-state index is 12.0. The number of rotatable bonds is 8. The van der Waals surface area contributed by atoms with Gasteiger partial charge in [0.2, 0.25) is 11.8 Å². The van der Waals surface area contributed by atoms with Crippen molar-refractivity contribution in [2.24, 2.45) is 5.73 Å². The summed E-state index contributed by atoms with van der Waals surface area (Å²) in [6.45, 7) is 3.55. The number of nitrogens with two attached hydrogens (primary N) is 1. The Kier molecular flexibility index (Phi) is 8.26. The van der Waals surface area contributed by atoms with Crippen molar-refractivity contribution in [1.29, 1.82) is 0 Å². The minimum absolute atomic E-state index is 0.0135. The van der Waals surface area contributed by atoms with Crippen molar-refractivity contribution >= 4 is 29.0 Å². The van der Waals surface area contributed by atoms with Gasteiger partial charge in [0.25, 0.3) is 0 Å². The van der Waals surface area contributed by atoms with E-state index in [-0.39, 0.29) is 24.9 Å². The molecule has 0 aromatic carbocycles. The van der Waals surface area contributed by atoms with Crippen LogP contribution in [0.1, 0.15) is 13.3 Å². The molecule has 0 radical (unpaired) electrons. The van der Waals surface area contributed by atoms with Crippen LogP contribution < -0.4 is 5.73 Å². The Labute approximate surface area is 120 Å². The van der Waals surface area contributed by atoms with E-state index in [1.54, 1.807) is 26.0 Å². The Hall–Kier alpha value is -1.21. The first-order valence-corrected chi connectivity index (χ1v) is 6.63. The van der Waals surface area contributed by atoms with Crippen LogP contribution in [0.25, 0.3) is 0 Å². The number of nitrogens with zero attached hydrogens (tertiary/aromatic N) is 3. The number of likely N-dealkylation sites (N-methyl/N-ethyl adjacent to an activating group) is 3. The first-order valence-electron chi connectivity index (χ1n) is 6.22. The van der Waals surface area contributed by atoms with E-state index in [1.165, 1.54) is 4.90 Å². The molecule has 0 spiro atoms. The Morgan fingerprint density at radius 1 is 1.11 bits per heavy atom. The normalized spacial score (nSPS) is 10.4. The molecule has 0 rings (SSSR count). The lowest BCUT2D eigenvalue weighted by Gasteiger charge is -2.24. The van der Waals surface area contributed by atoms with Crippen molar-refractivity contribution in [1.82, 2.24) is 14.7 Å². The highest BCUT2D eigenvalue weighted by Gasteiger charge is 2.16. The highest BCUT2D eigenvalue weighted by Crippen LogP contribution is 1.95. The van der Waals surface area contributed by atoms with Gasteiger partial charge in [-0.2, -0.15) is 0 Å². The van der Waals surface area contributed by atoms with E-state index < -0.39 is 0 Å². The van der Waals surface area contributed by atoms with Gasteiger partial charge in [-0.3, -0.25) is 14.5 Å². The Morgan fingerprint density at radius 3 is 2.05 bits per heavy atom. The quantitative estimate of drug-likeness (QED) is 0.612. The summed E-state index contributed by atoms with van der Waals surface area (Å²) < 4.78 is 0. The van der Waals surface area contributed by atoms with Gasteiger partial charge in [-0.1, -0.05) is 19.1 Å². The molecule has 0 unspecified atom stereocenters. The van der Waals surface area contributed by atoms with E-state index in [2.05, 4.69) is 0 Å². The third-order valence-corrected chi connectivity index (χ3v) is 2.99. The molecule has 2 amide bonds. The molecule has 0 aromatic rings. The molecule has 0 aromatic heterocycles. The first-order chi connectivity index (χ1) is 8.77. The Bertz CT molecular complexity index is 334. The van der Waals surface area contributed by atoms with Crippen molar-refractivity contribution in [3.05, 3.63) is 0 Å². The summed E-state index contributed by atoms with van der Waals surface area (Å²) in [4.78, 5) is 28.9. The fourth-order valence-electron chi connectivity index (χ4n) is 1.33. The van der Waals surface area contributed by atoms with Crippen molar-refractivity contribution < 1.29 is 9.59 Å². The van der Waals surface area contributed by atoms with Gasteiger partial charge in [-0.15, -0.1) is 0 Å². The molecular formula is C12H24N4O2S. The number of thiocarbonyl (C=S) groups is 1. The SMILES string of the molecule is CCN(CC(=O)N(C)C)CC(=O)N(C)CCC(N)=S. The lowest BCUT2D eigenvalue weighted by Crippen LogP contribution is -2.43. The maximum absolute atomic E-state index is 12.0. The third kappa shape index (κ3) is 7.74. The lowest BCUT2D eigenvalue weighted by atomic mass is 10.3. The van der Waals surface area contributed by atoms with Crippen molar-refractivity contribution in [3.8, 4) is 0 Å². The van der Waals surface area contributed by atoms with Crippen LogP contribution in [0.4, 0.5) is 0 Å². The predicted octanol–water partition coefficient (Wildman–Crippen LogP) is -0.469. The molecule has 0 fully saturated rings. The predicted molar refractivity (Wildman–Crippen MR) is 79.8 cm³/mol. The standard InChI is InChI=1S/C12H24N4O2S/c1-5-16(8-11(17)14(2)3)9-12(18)15(4)7-6-10(13)19/h5-9H2,1-4H3,(H2,13,19). The summed E-state index contributed by atoms with van der Waals surface area (Å²) >= 11 is 4.78. The summed E-state index contributed by atoms with van der Waals surface area (Å²) in [5.74, 6) is -0.0508. The topological polar surface area (TPSA) is 69.9 Å². The molecule has 0 bridgehead atoms. The Balaban J connectivity index is 4.26. The third-order valence-electron chi connectivity index (χ3n) is 2.78. The van der Waals surface area contributed by atoms with Gasteiger partial charge in [-0.25, -0.2) is 0 Å². The summed E-state index contributed by atoms with van der Waals surface area (Å²) in [5.41, 5.74) is 5.40. The van der Waals surface area contributed by atoms with E-state index in [0.29, 0.717) is 24.5 Å². The van der Waals surface area contributed by atoms with Crippen LogP contribution in [-0.2, 0) is 9.59 Å². The van der Waals surface area contributed by atoms with Crippen LogP contribution in [0.2, 0.25) is 0 Å². The van der Waals surface area contributed by atoms with Gasteiger partial charge in [0.15, 0.2) is 0 Å². The zero-order valence-electron chi connectivity index (χ0n) is 12.2. The summed E-state index contributed by atoms with van der Waals surface area (Å²) in [6, 6.07) is 0. The fourth-order valence-corrected chi connectivity index (χ4v) is 1.42. The smallest absolute Gasteiger partial charge is 0.236 e. The monoisotopic (exact) mass is 288 g/mol. The molecule has 0 saturated heterocycles. The molecule has 0 aliphatic carbocycles. The number of carbonyl (C=O) groups excluding carboxylic acids is 2. The largest absolute Gasteiger partial charge is 0.393 e. The van der Waals surface area contributed by atoms with E-state index >= 15 is 0 Å². The summed E-state index contributed by atoms with van der Waals surface area (Å²) in [7, 11) is 5.11. The number of hydrogen-bond acceptors (Lipinski definition) is 4. The molecule has 0 heterocycles. The molecule has 0 aliphatic rings. The van der Waals surface area contributed by atoms with Gasteiger partial charge in [0, 0.05) is 34.1 Å². The zero-order chi connectivity index (χ0) is 15.0. The minimum atomic E-state index is -0.0374. The van der Waals surface area contributed by atoms with E-state index in [9.17, 15) is 9.59 Å². The second kappa shape index (κ2) is 8.82. The molecule has 110 valence electrons. The van der Waals surface area contributed by atoms with Gasteiger partial charge in [0.1, 0.15) is 0 Å². The fraction of sp³-hybridized carbons (Fsp3) is 0.750. The second-order valence-electron chi connectivity index (χ2n) is 4.62. The van der Waals surface area contributed by atoms with Crippen LogP contribution in [0, 0.1) is 0 Å². The van der Waals surface area contributed by atoms with Crippen LogP contribution in [0.5, 0.6) is 0 Å². The zero-order valence-corrected chi connectivity index (χ0v) is 13.0. The lowest BCUT2D eigenvalue weighted by molar-refractivity contribution is -0.133. The Morgan fingerprint density at radius 2 is 1.63 bits per heavy atom. The number of amides is 2. The number of carbonyl (C=O) groups is 2. The van der Waals surface area contributed by atoms with Crippen LogP contribution >= 0.6 is 12.2 Å². The maximum Gasteiger partial charge on any atom is 0.236 e. The van der Waals surface area contributed by atoms with Gasteiger partial charge in [-0.05, 0) is 6.54 Å². The average molecular weight is 288 g/mol. The minimum Gasteiger partial charge on any atom is -0.393 e. The summed E-state index contributed by atoms with van der Waals surface area (Å²) in [5, 5.41) is 0. The van der Waals surface area contributed by atoms with Gasteiger partial charge < -0.3 is 15.5 Å². The first kappa shape index (κ1) is 17.8. The van der Waals surface area contributed by atoms with Crippen molar-refractivity contribution in [3.63, 3.8) is 0 Å². The second-order valence-corrected chi connectivity index (χ2v) is 5.15. The van der Waals surface area contributed by atoms with Crippen LogP contribution in [0.3, 0.4) is 0 Å². The van der Waals surface area contributed by atoms with Gasteiger partial charge >= 0.3 is 0 Å². The van der Waals surface area contributed by atoms with Crippen molar-refractivity contribution in [2.45, 2.75) is 13.3 Å². The molecule has 0 atom stereocenters. The van der Waals surface area contributed by atoms with Crippen LogP contribution in [0.15, 0.2) is 0 Å². The average Bonchev–Trinajstić information content (AvgIpc) is 2.34. The summed E-state index contributed by atoms with van der Waals surface area (Å²) in [6.07, 6.45) is 0.514. The van der Waals surface area contributed by atoms with E-state index in [1.807, 2.05) is 11.8 Å². The van der Waals surface area contributed by atoms with Crippen LogP contribution in [-0.4, -0.2) is 78.8 Å². The molecular weight excluding hydrogens is 264 g/mol.